The highest BCUT2D eigenvalue weighted by Gasteiger charge is 2.16. The number of thiocarbonyl (C=S) groups is 1. The fourth-order valence-corrected chi connectivity index (χ4v) is 3.29. The first-order chi connectivity index (χ1) is 7.73. The van der Waals surface area contributed by atoms with Crippen molar-refractivity contribution in [2.45, 2.75) is 0 Å². The number of rotatable bonds is 4. The van der Waals surface area contributed by atoms with Crippen molar-refractivity contribution in [1.82, 2.24) is 0 Å². The Balaban J connectivity index is 3.05. The molecule has 1 rings (SSSR count). The van der Waals surface area contributed by atoms with Gasteiger partial charge in [0, 0.05) is 4.47 Å². The Bertz CT molecular complexity index is 563. The van der Waals surface area contributed by atoms with Gasteiger partial charge in [-0.05, 0) is 28.1 Å². The van der Waals surface area contributed by atoms with Gasteiger partial charge in [-0.25, -0.2) is 8.42 Å². The zero-order valence-electron chi connectivity index (χ0n) is 8.21. The number of nitrogens with two attached hydrogens (primary N) is 1. The predicted molar refractivity (Wildman–Crippen MR) is 78.4 cm³/mol. The Morgan fingerprint density at radius 2 is 2.00 bits per heavy atom. The van der Waals surface area contributed by atoms with Crippen molar-refractivity contribution in [3.05, 3.63) is 26.7 Å². The average molecular weight is 378 g/mol. The third-order valence-corrected chi connectivity index (χ3v) is 4.95. The molecule has 0 unspecified atom stereocenters. The summed E-state index contributed by atoms with van der Waals surface area (Å²) in [7, 11) is -3.66. The number of hydrogen-bond donors (Lipinski definition) is 2. The zero-order chi connectivity index (χ0) is 13.2. The molecule has 17 heavy (non-hydrogen) atoms. The van der Waals surface area contributed by atoms with E-state index < -0.39 is 15.8 Å². The molecular formula is C8H7BrCl2N2O2S2. The third-order valence-electron chi connectivity index (χ3n) is 1.63. The lowest BCUT2D eigenvalue weighted by Crippen LogP contribution is -2.26. The Morgan fingerprint density at radius 1 is 1.41 bits per heavy atom. The molecule has 0 amide bonds. The Labute approximate surface area is 123 Å². The Kier molecular flexibility index (Phi) is 5.03. The number of hydrogen-bond acceptors (Lipinski definition) is 3. The first kappa shape index (κ1) is 15.0. The third kappa shape index (κ3) is 4.26. The Hall–Kier alpha value is -0.0800. The summed E-state index contributed by atoms with van der Waals surface area (Å²) in [6.07, 6.45) is 0. The summed E-state index contributed by atoms with van der Waals surface area (Å²) in [6, 6.07) is 3.06. The summed E-state index contributed by atoms with van der Waals surface area (Å²) in [5.74, 6) is -0.452. The van der Waals surface area contributed by atoms with Crippen molar-refractivity contribution in [2.75, 3.05) is 10.5 Å². The van der Waals surface area contributed by atoms with Crippen LogP contribution in [-0.2, 0) is 10.0 Å². The second-order valence-electron chi connectivity index (χ2n) is 3.05. The molecule has 0 saturated heterocycles. The number of halogens is 3. The number of benzene rings is 1. The van der Waals surface area contributed by atoms with Gasteiger partial charge in [-0.15, -0.1) is 0 Å². The standard InChI is InChI=1S/C8H7BrCl2N2O2S2/c9-4-1-2-5(8(11)7(4)10)13-17(14,15)3-6(12)16/h1-2,13H,3H2,(H2,12,16). The number of anilines is 1. The van der Waals surface area contributed by atoms with E-state index in [-0.39, 0.29) is 20.7 Å². The van der Waals surface area contributed by atoms with Gasteiger partial charge in [0.25, 0.3) is 0 Å². The van der Waals surface area contributed by atoms with E-state index in [0.29, 0.717) is 4.47 Å². The van der Waals surface area contributed by atoms with Crippen molar-refractivity contribution in [3.63, 3.8) is 0 Å². The zero-order valence-corrected chi connectivity index (χ0v) is 12.9. The van der Waals surface area contributed by atoms with Crippen molar-refractivity contribution in [2.24, 2.45) is 5.73 Å². The maximum absolute atomic E-state index is 11.6. The van der Waals surface area contributed by atoms with Crippen LogP contribution in [-0.4, -0.2) is 19.2 Å². The fraction of sp³-hybridized carbons (Fsp3) is 0.125. The van der Waals surface area contributed by atoms with Gasteiger partial charge in [-0.2, -0.15) is 0 Å². The van der Waals surface area contributed by atoms with Crippen LogP contribution in [0.3, 0.4) is 0 Å². The molecule has 0 saturated carbocycles. The van der Waals surface area contributed by atoms with Crippen LogP contribution in [0.2, 0.25) is 10.0 Å². The van der Waals surface area contributed by atoms with Crippen molar-refractivity contribution in [1.29, 1.82) is 0 Å². The number of nitrogens with one attached hydrogen (secondary N) is 1. The first-order valence-electron chi connectivity index (χ1n) is 4.15. The van der Waals surface area contributed by atoms with Crippen LogP contribution in [0, 0.1) is 0 Å². The summed E-state index contributed by atoms with van der Waals surface area (Å²) in [6.45, 7) is 0. The molecule has 0 aliphatic heterocycles. The van der Waals surface area contributed by atoms with Gasteiger partial charge in [0.15, 0.2) is 0 Å². The van der Waals surface area contributed by atoms with Crippen molar-refractivity contribution < 1.29 is 8.42 Å². The van der Waals surface area contributed by atoms with E-state index in [1.165, 1.54) is 6.07 Å². The minimum Gasteiger partial charge on any atom is -0.392 e. The highest BCUT2D eigenvalue weighted by atomic mass is 79.9. The van der Waals surface area contributed by atoms with E-state index in [1.54, 1.807) is 6.07 Å². The molecule has 1 aromatic carbocycles. The molecule has 0 spiro atoms. The SMILES string of the molecule is NC(=S)CS(=O)(=O)Nc1ccc(Br)c(Cl)c1Cl. The van der Waals surface area contributed by atoms with Crippen LogP contribution < -0.4 is 10.5 Å². The van der Waals surface area contributed by atoms with Crippen LogP contribution >= 0.6 is 51.3 Å². The summed E-state index contributed by atoms with van der Waals surface area (Å²) < 4.78 is 26.0. The molecular weight excluding hydrogens is 371 g/mol. The van der Waals surface area contributed by atoms with Gasteiger partial charge < -0.3 is 5.73 Å². The van der Waals surface area contributed by atoms with Crippen LogP contribution in [0.4, 0.5) is 5.69 Å². The molecule has 0 aromatic heterocycles. The minimum atomic E-state index is -3.66. The van der Waals surface area contributed by atoms with Crippen LogP contribution in [0.5, 0.6) is 0 Å². The van der Waals surface area contributed by atoms with Crippen molar-refractivity contribution >= 4 is 72.0 Å². The van der Waals surface area contributed by atoms with Crippen LogP contribution in [0.25, 0.3) is 0 Å². The van der Waals surface area contributed by atoms with Crippen LogP contribution in [0.15, 0.2) is 16.6 Å². The van der Waals surface area contributed by atoms with Gasteiger partial charge in [0.2, 0.25) is 10.0 Å². The first-order valence-corrected chi connectivity index (χ1v) is 7.76. The van der Waals surface area contributed by atoms with Gasteiger partial charge in [0.05, 0.1) is 20.7 Å². The lowest BCUT2D eigenvalue weighted by atomic mass is 10.3. The molecule has 1 aromatic rings. The summed E-state index contributed by atoms with van der Waals surface area (Å²) in [5, 5.41) is 0.328. The normalized spacial score (nSPS) is 11.2. The largest absolute Gasteiger partial charge is 0.392 e. The smallest absolute Gasteiger partial charge is 0.239 e. The fourth-order valence-electron chi connectivity index (χ4n) is 0.996. The second kappa shape index (κ2) is 5.71. The molecule has 0 radical (unpaired) electrons. The molecule has 94 valence electrons. The van der Waals surface area contributed by atoms with E-state index in [0.717, 1.165) is 0 Å². The molecule has 0 aliphatic rings. The molecule has 0 fully saturated rings. The summed E-state index contributed by atoms with van der Waals surface area (Å²) in [4.78, 5) is -0.128. The van der Waals surface area contributed by atoms with E-state index in [2.05, 4.69) is 32.9 Å². The maximum atomic E-state index is 11.6. The number of sulfonamides is 1. The van der Waals surface area contributed by atoms with Gasteiger partial charge in [-0.1, -0.05) is 35.4 Å². The molecule has 0 atom stereocenters. The van der Waals surface area contributed by atoms with Crippen LogP contribution in [0.1, 0.15) is 0 Å². The van der Waals surface area contributed by atoms with Gasteiger partial charge in [-0.3, -0.25) is 4.72 Å². The van der Waals surface area contributed by atoms with Crippen molar-refractivity contribution in [3.8, 4) is 0 Å². The molecule has 3 N–H and O–H groups in total. The maximum Gasteiger partial charge on any atom is 0.239 e. The monoisotopic (exact) mass is 376 g/mol. The van der Waals surface area contributed by atoms with E-state index in [1.807, 2.05) is 0 Å². The second-order valence-corrected chi connectivity index (χ2v) is 6.91. The average Bonchev–Trinajstić information content (AvgIpc) is 2.17. The van der Waals surface area contributed by atoms with E-state index in [4.69, 9.17) is 28.9 Å². The topological polar surface area (TPSA) is 72.2 Å². The predicted octanol–water partition coefficient (Wildman–Crippen LogP) is 2.78. The molecule has 0 heterocycles. The highest BCUT2D eigenvalue weighted by molar-refractivity contribution is 9.10. The Morgan fingerprint density at radius 3 is 2.53 bits per heavy atom. The highest BCUT2D eigenvalue weighted by Crippen LogP contribution is 2.36. The lowest BCUT2D eigenvalue weighted by Gasteiger charge is -2.10. The lowest BCUT2D eigenvalue weighted by molar-refractivity contribution is 0.605. The molecule has 0 aliphatic carbocycles. The molecule has 4 nitrogen and oxygen atoms in total. The minimum absolute atomic E-state index is 0.104. The van der Waals surface area contributed by atoms with E-state index >= 15 is 0 Å². The van der Waals surface area contributed by atoms with E-state index in [9.17, 15) is 8.42 Å². The molecule has 9 heteroatoms. The summed E-state index contributed by atoms with van der Waals surface area (Å²) in [5.41, 5.74) is 5.35. The summed E-state index contributed by atoms with van der Waals surface area (Å²) >= 11 is 19.4. The van der Waals surface area contributed by atoms with Gasteiger partial charge in [0.1, 0.15) is 5.75 Å². The van der Waals surface area contributed by atoms with Gasteiger partial charge >= 0.3 is 0 Å². The molecule has 0 bridgehead atoms. The quantitative estimate of drug-likeness (QED) is 0.625.